The summed E-state index contributed by atoms with van der Waals surface area (Å²) >= 11 is 0. The van der Waals surface area contributed by atoms with Crippen LogP contribution in [-0.4, -0.2) is 63.9 Å². The van der Waals surface area contributed by atoms with E-state index in [1.807, 2.05) is 24.3 Å². The summed E-state index contributed by atoms with van der Waals surface area (Å²) < 4.78 is 21.3. The average Bonchev–Trinajstić information content (AvgIpc) is 3.57. The number of hydrogen-bond acceptors (Lipinski definition) is 8. The zero-order valence-electron chi connectivity index (χ0n) is 14.5. The van der Waals surface area contributed by atoms with Crippen LogP contribution in [0.4, 0.5) is 0 Å². The van der Waals surface area contributed by atoms with Crippen molar-refractivity contribution in [3.63, 3.8) is 0 Å². The minimum Gasteiger partial charge on any atom is -0.491 e. The first kappa shape index (κ1) is 19.8. The predicted octanol–water partition coefficient (Wildman–Crippen LogP) is 1.68. The molecule has 2 fully saturated rings. The second-order valence-corrected chi connectivity index (χ2v) is 5.66. The molecule has 0 bridgehead atoms. The van der Waals surface area contributed by atoms with E-state index in [2.05, 4.69) is 9.98 Å². The van der Waals surface area contributed by atoms with Gasteiger partial charge in [0.2, 0.25) is 12.2 Å². The Kier molecular flexibility index (Phi) is 9.11. The molecule has 2 aliphatic rings. The van der Waals surface area contributed by atoms with E-state index in [9.17, 15) is 9.59 Å². The highest BCUT2D eigenvalue weighted by atomic mass is 16.6. The Morgan fingerprint density at radius 3 is 1.77 bits per heavy atom. The molecule has 0 radical (unpaired) electrons. The van der Waals surface area contributed by atoms with Gasteiger partial charge in [0.25, 0.3) is 0 Å². The molecule has 0 aliphatic carbocycles. The van der Waals surface area contributed by atoms with Gasteiger partial charge in [-0.3, -0.25) is 0 Å². The van der Waals surface area contributed by atoms with E-state index in [1.165, 1.54) is 12.2 Å². The van der Waals surface area contributed by atoms with Gasteiger partial charge in [-0.1, -0.05) is 6.07 Å². The Morgan fingerprint density at radius 1 is 0.923 bits per heavy atom. The first-order valence-electron chi connectivity index (χ1n) is 8.48. The van der Waals surface area contributed by atoms with Gasteiger partial charge < -0.3 is 18.9 Å². The molecule has 1 aromatic carbocycles. The van der Waals surface area contributed by atoms with Crippen LogP contribution in [0, 0.1) is 0 Å². The average molecular weight is 362 g/mol. The van der Waals surface area contributed by atoms with Crippen molar-refractivity contribution in [2.75, 3.05) is 39.5 Å². The highest BCUT2D eigenvalue weighted by molar-refractivity contribution is 5.33. The third kappa shape index (κ3) is 9.71. The second kappa shape index (κ2) is 12.0. The van der Waals surface area contributed by atoms with Gasteiger partial charge in [-0.15, -0.1) is 0 Å². The van der Waals surface area contributed by atoms with Crippen molar-refractivity contribution in [1.82, 2.24) is 0 Å². The smallest absolute Gasteiger partial charge is 0.234 e. The van der Waals surface area contributed by atoms with Crippen molar-refractivity contribution >= 4 is 12.2 Å². The quantitative estimate of drug-likeness (QED) is 0.257. The molecule has 0 saturated carbocycles. The third-order valence-electron chi connectivity index (χ3n) is 3.40. The molecule has 8 nitrogen and oxygen atoms in total. The highest BCUT2D eigenvalue weighted by Crippen LogP contribution is 2.22. The summed E-state index contributed by atoms with van der Waals surface area (Å²) in [5.74, 6) is 1.65. The molecule has 26 heavy (non-hydrogen) atoms. The lowest BCUT2D eigenvalue weighted by Crippen LogP contribution is -2.06. The second-order valence-electron chi connectivity index (χ2n) is 5.66. The van der Waals surface area contributed by atoms with Gasteiger partial charge in [-0.25, -0.2) is 19.6 Å². The minimum atomic E-state index is 0.282. The summed E-state index contributed by atoms with van der Waals surface area (Å²) in [6.07, 6.45) is 4.94. The van der Waals surface area contributed by atoms with Crippen LogP contribution < -0.4 is 9.47 Å². The summed E-state index contributed by atoms with van der Waals surface area (Å²) in [7, 11) is 0. The van der Waals surface area contributed by atoms with Crippen LogP contribution in [0.2, 0.25) is 0 Å². The Balaban J connectivity index is 0.000000213. The monoisotopic (exact) mass is 362 g/mol. The molecule has 0 amide bonds. The van der Waals surface area contributed by atoms with Gasteiger partial charge in [0.15, 0.2) is 0 Å². The Bertz CT molecular complexity index is 581. The number of epoxide rings is 2. The van der Waals surface area contributed by atoms with Crippen molar-refractivity contribution in [1.29, 1.82) is 0 Å². The predicted molar refractivity (Wildman–Crippen MR) is 92.1 cm³/mol. The van der Waals surface area contributed by atoms with Crippen molar-refractivity contribution in [3.05, 3.63) is 24.3 Å². The molecular weight excluding hydrogens is 340 g/mol. The molecule has 8 heteroatoms. The fraction of sp³-hybridized carbons (Fsp3) is 0.556. The lowest BCUT2D eigenvalue weighted by atomic mass is 10.3. The standard InChI is InChI=1S/C12H14O4.C6H8N2O2/c1-2-9(13-5-11-7-15-11)4-10(3-1)14-6-12-8-16-12;9-5-7-3-1-2-4-8-6-10/h1-4,11-12H,5-8H2;1-4H2. The number of benzene rings is 1. The Hall–Kier alpha value is -2.50. The Morgan fingerprint density at radius 2 is 1.38 bits per heavy atom. The van der Waals surface area contributed by atoms with Crippen LogP contribution in [0.25, 0.3) is 0 Å². The fourth-order valence-electron chi connectivity index (χ4n) is 1.83. The van der Waals surface area contributed by atoms with Crippen LogP contribution in [-0.2, 0) is 19.1 Å². The summed E-state index contributed by atoms with van der Waals surface area (Å²) in [6.45, 7) is 3.81. The van der Waals surface area contributed by atoms with Gasteiger partial charge in [0.05, 0.1) is 26.3 Å². The first-order chi connectivity index (χ1) is 12.8. The van der Waals surface area contributed by atoms with Crippen LogP contribution in [0.5, 0.6) is 11.5 Å². The third-order valence-corrected chi connectivity index (χ3v) is 3.40. The van der Waals surface area contributed by atoms with E-state index < -0.39 is 0 Å². The molecule has 2 unspecified atom stereocenters. The molecule has 3 rings (SSSR count). The van der Waals surface area contributed by atoms with Gasteiger partial charge in [-0.05, 0) is 25.0 Å². The number of nitrogens with zero attached hydrogens (tertiary/aromatic N) is 2. The number of ether oxygens (including phenoxy) is 4. The summed E-state index contributed by atoms with van der Waals surface area (Å²) in [6, 6.07) is 7.66. The zero-order valence-corrected chi connectivity index (χ0v) is 14.5. The van der Waals surface area contributed by atoms with Crippen molar-refractivity contribution < 1.29 is 28.5 Å². The molecule has 1 aromatic rings. The number of carbonyl (C=O) groups excluding carboxylic acids is 2. The van der Waals surface area contributed by atoms with Crippen molar-refractivity contribution in [3.8, 4) is 11.5 Å². The van der Waals surface area contributed by atoms with Crippen LogP contribution >= 0.6 is 0 Å². The lowest BCUT2D eigenvalue weighted by molar-refractivity contribution is 0.252. The van der Waals surface area contributed by atoms with Crippen molar-refractivity contribution in [2.24, 2.45) is 9.98 Å². The van der Waals surface area contributed by atoms with E-state index in [0.717, 1.165) is 37.6 Å². The number of aliphatic imine (C=N–C) groups is 2. The van der Waals surface area contributed by atoms with Gasteiger partial charge in [-0.2, -0.15) is 0 Å². The maximum absolute atomic E-state index is 9.52. The first-order valence-corrected chi connectivity index (χ1v) is 8.48. The maximum atomic E-state index is 9.52. The normalized spacial score (nSPS) is 19.1. The largest absolute Gasteiger partial charge is 0.491 e. The van der Waals surface area contributed by atoms with E-state index in [0.29, 0.717) is 26.3 Å². The SMILES string of the molecule is O=C=NCCCCN=C=O.c1cc(OCC2CO2)cc(OCC2CO2)c1. The molecule has 140 valence electrons. The van der Waals surface area contributed by atoms with E-state index in [1.54, 1.807) is 0 Å². The number of isocyanates is 2. The van der Waals surface area contributed by atoms with Gasteiger partial charge >= 0.3 is 0 Å². The molecule has 2 heterocycles. The van der Waals surface area contributed by atoms with E-state index >= 15 is 0 Å². The number of hydrogen-bond donors (Lipinski definition) is 0. The molecular formula is C18H22N2O6. The summed E-state index contributed by atoms with van der Waals surface area (Å²) in [5, 5.41) is 0. The highest BCUT2D eigenvalue weighted by Gasteiger charge is 2.24. The van der Waals surface area contributed by atoms with Crippen LogP contribution in [0.15, 0.2) is 34.3 Å². The molecule has 2 aliphatic heterocycles. The van der Waals surface area contributed by atoms with Crippen LogP contribution in [0.1, 0.15) is 12.8 Å². The van der Waals surface area contributed by atoms with Crippen molar-refractivity contribution in [2.45, 2.75) is 25.0 Å². The molecule has 0 aromatic heterocycles. The minimum absolute atomic E-state index is 0.282. The maximum Gasteiger partial charge on any atom is 0.234 e. The van der Waals surface area contributed by atoms with Crippen LogP contribution in [0.3, 0.4) is 0 Å². The van der Waals surface area contributed by atoms with E-state index in [-0.39, 0.29) is 12.2 Å². The molecule has 0 N–H and O–H groups in total. The van der Waals surface area contributed by atoms with E-state index in [4.69, 9.17) is 18.9 Å². The topological polar surface area (TPSA) is 102 Å². The number of rotatable bonds is 11. The Labute approximate surface area is 151 Å². The molecule has 0 spiro atoms. The molecule has 2 saturated heterocycles. The summed E-state index contributed by atoms with van der Waals surface area (Å²) in [4.78, 5) is 25.7. The summed E-state index contributed by atoms with van der Waals surface area (Å²) in [5.41, 5.74) is 0. The lowest BCUT2D eigenvalue weighted by Gasteiger charge is -2.07. The fourth-order valence-corrected chi connectivity index (χ4v) is 1.83. The van der Waals surface area contributed by atoms with Gasteiger partial charge in [0, 0.05) is 6.07 Å². The molecule has 2 atom stereocenters. The zero-order chi connectivity index (χ0) is 18.5. The van der Waals surface area contributed by atoms with Gasteiger partial charge in [0.1, 0.15) is 36.9 Å². The number of unbranched alkanes of at least 4 members (excludes halogenated alkanes) is 1.